The average molecular weight is 444 g/mol. The van der Waals surface area contributed by atoms with Crippen LogP contribution in [0.2, 0.25) is 0 Å². The summed E-state index contributed by atoms with van der Waals surface area (Å²) in [4.78, 5) is 42.5. The third kappa shape index (κ3) is 4.78. The molecule has 9 heteroatoms. The number of para-hydroxylation sites is 1. The number of Topliss-reactive ketones (excluding diaryl/α,β-unsaturated/α-hetero) is 1. The van der Waals surface area contributed by atoms with Gasteiger partial charge in [-0.1, -0.05) is 32.0 Å². The standard InChI is InChI=1S/C23H29N3O6/c1-4-32-22(28)21-16(13-31-10-9-24)25-15-11-23(2,3)12-18(27)20(15)19(21)14-7-5-6-8-17(14)26(29)30/h5-8,19-20H,4,9-13,24H2,1-3H3. The topological polar surface area (TPSA) is 134 Å². The molecule has 9 nitrogen and oxygen atoms in total. The first-order valence-corrected chi connectivity index (χ1v) is 10.7. The molecule has 2 aliphatic rings. The lowest BCUT2D eigenvalue weighted by Crippen LogP contribution is -2.44. The number of carbonyl (C=O) groups excluding carboxylic acids is 2. The summed E-state index contributed by atoms with van der Waals surface area (Å²) in [5.74, 6) is -2.38. The number of fused-ring (bicyclic) bond motifs is 1. The van der Waals surface area contributed by atoms with Gasteiger partial charge in [0.2, 0.25) is 0 Å². The van der Waals surface area contributed by atoms with E-state index >= 15 is 0 Å². The van der Waals surface area contributed by atoms with Crippen molar-refractivity contribution in [3.63, 3.8) is 0 Å². The van der Waals surface area contributed by atoms with Gasteiger partial charge >= 0.3 is 5.97 Å². The van der Waals surface area contributed by atoms with Gasteiger partial charge in [0.05, 0.1) is 41.9 Å². The van der Waals surface area contributed by atoms with E-state index in [1.165, 1.54) is 6.07 Å². The second-order valence-corrected chi connectivity index (χ2v) is 8.78. The number of nitrogens with zero attached hydrogens (tertiary/aromatic N) is 2. The molecule has 0 amide bonds. The molecule has 2 N–H and O–H groups in total. The zero-order valence-electron chi connectivity index (χ0n) is 18.6. The van der Waals surface area contributed by atoms with Gasteiger partial charge in [0.15, 0.2) is 0 Å². The minimum atomic E-state index is -0.872. The molecule has 1 saturated carbocycles. The quantitative estimate of drug-likeness (QED) is 0.282. The van der Waals surface area contributed by atoms with Gasteiger partial charge in [0, 0.05) is 36.2 Å². The Morgan fingerprint density at radius 2 is 2.00 bits per heavy atom. The predicted molar refractivity (Wildman–Crippen MR) is 118 cm³/mol. The zero-order valence-corrected chi connectivity index (χ0v) is 18.6. The molecule has 1 aromatic carbocycles. The summed E-state index contributed by atoms with van der Waals surface area (Å²) in [6.07, 6.45) is 0.833. The van der Waals surface area contributed by atoms with E-state index < -0.39 is 22.7 Å². The van der Waals surface area contributed by atoms with E-state index in [0.29, 0.717) is 36.4 Å². The number of carbonyl (C=O) groups is 2. The van der Waals surface area contributed by atoms with E-state index in [9.17, 15) is 19.7 Å². The number of rotatable bonds is 8. The van der Waals surface area contributed by atoms with Crippen molar-refractivity contribution in [3.8, 4) is 0 Å². The van der Waals surface area contributed by atoms with Crippen LogP contribution in [0.5, 0.6) is 0 Å². The fourth-order valence-electron chi connectivity index (χ4n) is 4.56. The normalized spacial score (nSPS) is 22.2. The van der Waals surface area contributed by atoms with Gasteiger partial charge < -0.3 is 15.2 Å². The summed E-state index contributed by atoms with van der Waals surface area (Å²) in [7, 11) is 0. The van der Waals surface area contributed by atoms with Crippen LogP contribution in [0.15, 0.2) is 40.5 Å². The number of nitro groups is 1. The largest absolute Gasteiger partial charge is 0.463 e. The molecule has 0 bridgehead atoms. The van der Waals surface area contributed by atoms with Crippen LogP contribution < -0.4 is 5.73 Å². The Hall–Kier alpha value is -2.91. The molecule has 2 atom stereocenters. The summed E-state index contributed by atoms with van der Waals surface area (Å²) in [6, 6.07) is 6.20. The maximum absolute atomic E-state index is 13.3. The Kier molecular flexibility index (Phi) is 7.20. The van der Waals surface area contributed by atoms with Crippen LogP contribution >= 0.6 is 0 Å². The minimum Gasteiger partial charge on any atom is -0.463 e. The van der Waals surface area contributed by atoms with Crippen LogP contribution in [0.25, 0.3) is 0 Å². The molecule has 1 aliphatic heterocycles. The Labute approximate surface area is 186 Å². The monoisotopic (exact) mass is 443 g/mol. The van der Waals surface area contributed by atoms with Crippen molar-refractivity contribution in [2.45, 2.75) is 39.5 Å². The summed E-state index contributed by atoms with van der Waals surface area (Å²) in [6.45, 7) is 6.31. The number of aliphatic imine (C=N–C) groups is 1. The van der Waals surface area contributed by atoms with Crippen molar-refractivity contribution in [2.75, 3.05) is 26.4 Å². The van der Waals surface area contributed by atoms with Gasteiger partial charge in [-0.25, -0.2) is 4.79 Å². The van der Waals surface area contributed by atoms with Crippen molar-refractivity contribution >= 4 is 23.2 Å². The van der Waals surface area contributed by atoms with Crippen LogP contribution in [0.4, 0.5) is 5.69 Å². The van der Waals surface area contributed by atoms with Crippen LogP contribution in [0.1, 0.15) is 45.1 Å². The van der Waals surface area contributed by atoms with E-state index in [1.807, 2.05) is 13.8 Å². The van der Waals surface area contributed by atoms with E-state index in [2.05, 4.69) is 0 Å². The smallest absolute Gasteiger partial charge is 0.336 e. The molecular formula is C23H29N3O6. The average Bonchev–Trinajstić information content (AvgIpc) is 2.72. The first-order valence-electron chi connectivity index (χ1n) is 10.7. The Morgan fingerprint density at radius 3 is 2.66 bits per heavy atom. The number of esters is 1. The van der Waals surface area contributed by atoms with Gasteiger partial charge in [0.25, 0.3) is 5.69 Å². The fraction of sp³-hybridized carbons (Fsp3) is 0.522. The van der Waals surface area contributed by atoms with E-state index in [-0.39, 0.29) is 42.3 Å². The molecule has 1 aromatic rings. The van der Waals surface area contributed by atoms with Crippen LogP contribution in [0.3, 0.4) is 0 Å². The number of nitro benzene ring substituents is 1. The molecule has 0 aromatic heterocycles. The second kappa shape index (κ2) is 9.70. The number of ketones is 1. The lowest BCUT2D eigenvalue weighted by Gasteiger charge is -2.41. The zero-order chi connectivity index (χ0) is 23.5. The third-order valence-electron chi connectivity index (χ3n) is 5.72. The molecule has 2 unspecified atom stereocenters. The van der Waals surface area contributed by atoms with E-state index in [1.54, 1.807) is 25.1 Å². The Bertz CT molecular complexity index is 982. The van der Waals surface area contributed by atoms with Crippen molar-refractivity contribution in [1.82, 2.24) is 0 Å². The number of hydrogen-bond acceptors (Lipinski definition) is 8. The summed E-state index contributed by atoms with van der Waals surface area (Å²) in [5, 5.41) is 11.8. The molecule has 1 fully saturated rings. The first kappa shape index (κ1) is 23.7. The van der Waals surface area contributed by atoms with E-state index in [0.717, 1.165) is 0 Å². The van der Waals surface area contributed by atoms with Crippen LogP contribution in [-0.4, -0.2) is 48.8 Å². The summed E-state index contributed by atoms with van der Waals surface area (Å²) >= 11 is 0. The van der Waals surface area contributed by atoms with Gasteiger partial charge in [-0.3, -0.25) is 19.9 Å². The number of nitrogens with two attached hydrogens (primary N) is 1. The Morgan fingerprint density at radius 1 is 1.28 bits per heavy atom. The van der Waals surface area contributed by atoms with Crippen LogP contribution in [0, 0.1) is 21.4 Å². The molecule has 0 saturated heterocycles. The van der Waals surface area contributed by atoms with Gasteiger partial charge in [-0.2, -0.15) is 0 Å². The van der Waals surface area contributed by atoms with Gasteiger partial charge in [-0.15, -0.1) is 0 Å². The second-order valence-electron chi connectivity index (χ2n) is 8.78. The summed E-state index contributed by atoms with van der Waals surface area (Å²) < 4.78 is 10.9. The molecule has 3 rings (SSSR count). The number of hydrogen-bond donors (Lipinski definition) is 1. The molecule has 32 heavy (non-hydrogen) atoms. The maximum Gasteiger partial charge on any atom is 0.336 e. The van der Waals surface area contributed by atoms with Crippen molar-refractivity contribution in [2.24, 2.45) is 22.1 Å². The highest BCUT2D eigenvalue weighted by Gasteiger charge is 2.49. The highest BCUT2D eigenvalue weighted by molar-refractivity contribution is 6.12. The molecule has 0 spiro atoms. The van der Waals surface area contributed by atoms with Gasteiger partial charge in [-0.05, 0) is 18.8 Å². The lowest BCUT2D eigenvalue weighted by molar-refractivity contribution is -0.385. The Balaban J connectivity index is 2.26. The minimum absolute atomic E-state index is 0.00663. The van der Waals surface area contributed by atoms with Crippen LogP contribution in [-0.2, 0) is 19.1 Å². The van der Waals surface area contributed by atoms with E-state index in [4.69, 9.17) is 20.2 Å². The lowest BCUT2D eigenvalue weighted by atomic mass is 9.63. The fourth-order valence-corrected chi connectivity index (χ4v) is 4.56. The molecule has 1 aliphatic carbocycles. The maximum atomic E-state index is 13.3. The molecule has 1 heterocycles. The number of benzene rings is 1. The summed E-state index contributed by atoms with van der Waals surface area (Å²) in [5.41, 5.74) is 6.46. The van der Waals surface area contributed by atoms with Crippen molar-refractivity contribution in [3.05, 3.63) is 51.2 Å². The highest BCUT2D eigenvalue weighted by Crippen LogP contribution is 2.48. The predicted octanol–water partition coefficient (Wildman–Crippen LogP) is 2.93. The SMILES string of the molecule is CCOC(=O)C1=C(COCCN)N=C2CC(C)(C)CC(=O)C2C1c1ccccc1[N+](=O)[O-]. The van der Waals surface area contributed by atoms with Gasteiger partial charge in [0.1, 0.15) is 5.78 Å². The third-order valence-corrected chi connectivity index (χ3v) is 5.72. The molecule has 0 radical (unpaired) electrons. The van der Waals surface area contributed by atoms with Crippen molar-refractivity contribution in [1.29, 1.82) is 0 Å². The molecular weight excluding hydrogens is 414 g/mol. The molecule has 172 valence electrons. The first-order chi connectivity index (χ1) is 15.2. The highest BCUT2D eigenvalue weighted by atomic mass is 16.6. The van der Waals surface area contributed by atoms with Crippen molar-refractivity contribution < 1.29 is 24.0 Å². The number of ether oxygens (including phenoxy) is 2.